The highest BCUT2D eigenvalue weighted by molar-refractivity contribution is 5.89. The van der Waals surface area contributed by atoms with Gasteiger partial charge in [-0.2, -0.15) is 0 Å². The minimum Gasteiger partial charge on any atom is -0.384 e. The Kier molecular flexibility index (Phi) is 13.1. The molecular formula is C47H64N20O4. The van der Waals surface area contributed by atoms with E-state index in [2.05, 4.69) is 60.9 Å². The number of ether oxygens (including phenoxy) is 2. The van der Waals surface area contributed by atoms with E-state index in [-0.39, 0.29) is 23.8 Å². The normalized spacial score (nSPS) is 21.4. The lowest BCUT2D eigenvalue weighted by molar-refractivity contribution is -0.141. The first-order valence-electron chi connectivity index (χ1n) is 25.1. The fourth-order valence-electron chi connectivity index (χ4n) is 9.86. The van der Waals surface area contributed by atoms with Crippen LogP contribution in [0.15, 0.2) is 24.8 Å². The third kappa shape index (κ3) is 10.0. The fraction of sp³-hybridized carbons (Fsp3) is 0.596. The van der Waals surface area contributed by atoms with Crippen LogP contribution in [0.2, 0.25) is 0 Å². The van der Waals surface area contributed by atoms with Gasteiger partial charge in [0.1, 0.15) is 6.10 Å². The Morgan fingerprint density at radius 3 is 1.54 bits per heavy atom. The Hall–Kier alpha value is -6.63. The summed E-state index contributed by atoms with van der Waals surface area (Å²) in [5.41, 5.74) is 16.2. The maximum Gasteiger partial charge on any atom is 0.251 e. The molecule has 0 unspecified atom stereocenters. The standard InChI is InChI=1S/C25H34N10O3.C22H30N10O/c1-15-13-33(5-6-34(15)23(37)16(2)36)25-29-19-21(32-7-9-38-10-8-32)30-20(18-11-27-24(26)28-12-18)31-22(19)35(25)14-17-3-4-17;1-14-12-31(5-4-24-14)22-27-17-19(30-6-8-33-9-7-30)28-18(16-10-25-21(23)26-11-16)29-20(17)32(22)13-15-2-3-15/h11-12,15-17,36H,3-10,13-14H2,1-2H3,(H2,26,27,28);10-11,14-15,24H,2-9,12-13H2,1H3,(H2,23,25,26)/t15-,16+;14-/m11/s1. The van der Waals surface area contributed by atoms with Crippen LogP contribution in [0.3, 0.4) is 0 Å². The first-order valence-corrected chi connectivity index (χ1v) is 25.1. The smallest absolute Gasteiger partial charge is 0.251 e. The Bertz CT molecular complexity index is 2840. The number of nitrogens with zero attached hydrogens (tertiary/aromatic N) is 17. The second kappa shape index (κ2) is 19.9. The van der Waals surface area contributed by atoms with Crippen LogP contribution in [0.4, 0.5) is 35.4 Å². The molecule has 24 nitrogen and oxygen atoms in total. The van der Waals surface area contributed by atoms with Gasteiger partial charge in [0.2, 0.25) is 23.8 Å². The van der Waals surface area contributed by atoms with Crippen molar-refractivity contribution in [1.29, 1.82) is 0 Å². The summed E-state index contributed by atoms with van der Waals surface area (Å²) in [6, 6.07) is 0.354. The highest BCUT2D eigenvalue weighted by Crippen LogP contribution is 2.39. The molecule has 2 aliphatic carbocycles. The molecule has 6 aromatic rings. The van der Waals surface area contributed by atoms with E-state index in [1.807, 2.05) is 6.92 Å². The molecule has 3 atom stereocenters. The van der Waals surface area contributed by atoms with E-state index in [4.69, 9.17) is 50.8 Å². The average Bonchev–Trinajstić information content (AvgIpc) is 4.33. The molecule has 10 heterocycles. The van der Waals surface area contributed by atoms with Crippen molar-refractivity contribution in [2.75, 3.05) is 123 Å². The number of nitrogen functional groups attached to an aromatic ring is 2. The number of carbonyl (C=O) groups is 1. The number of aromatic nitrogens is 12. The van der Waals surface area contributed by atoms with Crippen molar-refractivity contribution in [1.82, 2.24) is 69.2 Å². The molecule has 1 amide bonds. The molecule has 376 valence electrons. The molecule has 0 aromatic carbocycles. The summed E-state index contributed by atoms with van der Waals surface area (Å²) >= 11 is 0. The summed E-state index contributed by atoms with van der Waals surface area (Å²) in [5, 5.41) is 13.4. The largest absolute Gasteiger partial charge is 0.384 e. The molecule has 0 radical (unpaired) electrons. The zero-order valence-corrected chi connectivity index (χ0v) is 40.8. The number of aliphatic hydroxyl groups excluding tert-OH is 1. The number of rotatable bonds is 11. The van der Waals surface area contributed by atoms with Crippen molar-refractivity contribution < 1.29 is 19.4 Å². The van der Waals surface area contributed by atoms with Gasteiger partial charge in [-0.05, 0) is 58.3 Å². The molecule has 71 heavy (non-hydrogen) atoms. The molecule has 4 saturated heterocycles. The van der Waals surface area contributed by atoms with Gasteiger partial charge >= 0.3 is 0 Å². The Morgan fingerprint density at radius 1 is 0.648 bits per heavy atom. The molecule has 6 aliphatic rings. The van der Waals surface area contributed by atoms with Gasteiger partial charge in [-0.1, -0.05) is 0 Å². The van der Waals surface area contributed by atoms with Gasteiger partial charge < -0.3 is 55.9 Å². The molecule has 6 aromatic heterocycles. The number of carbonyl (C=O) groups excluding carboxylic acids is 1. The van der Waals surface area contributed by atoms with Gasteiger partial charge in [-0.25, -0.2) is 49.8 Å². The number of hydrogen-bond acceptors (Lipinski definition) is 21. The quantitative estimate of drug-likeness (QED) is 0.143. The van der Waals surface area contributed by atoms with Gasteiger partial charge in [-0.3, -0.25) is 13.9 Å². The van der Waals surface area contributed by atoms with Crippen LogP contribution in [0, 0.1) is 11.8 Å². The summed E-state index contributed by atoms with van der Waals surface area (Å²) in [6.07, 6.45) is 10.6. The minimum atomic E-state index is -1.01. The van der Waals surface area contributed by atoms with Crippen molar-refractivity contribution in [2.24, 2.45) is 11.8 Å². The molecule has 2 saturated carbocycles. The van der Waals surface area contributed by atoms with Gasteiger partial charge in [0, 0.05) is 115 Å². The monoisotopic (exact) mass is 973 g/mol. The number of hydrogen-bond donors (Lipinski definition) is 4. The number of piperazine rings is 2. The highest BCUT2D eigenvalue weighted by atomic mass is 16.5. The van der Waals surface area contributed by atoms with Crippen molar-refractivity contribution in [3.8, 4) is 22.8 Å². The Morgan fingerprint density at radius 2 is 1.11 bits per heavy atom. The van der Waals surface area contributed by atoms with Gasteiger partial charge in [-0.15, -0.1) is 0 Å². The van der Waals surface area contributed by atoms with E-state index in [0.717, 1.165) is 97.2 Å². The molecule has 0 bridgehead atoms. The maximum atomic E-state index is 12.5. The lowest BCUT2D eigenvalue weighted by Gasteiger charge is -2.40. The van der Waals surface area contributed by atoms with Crippen LogP contribution in [-0.4, -0.2) is 185 Å². The number of morpholine rings is 2. The summed E-state index contributed by atoms with van der Waals surface area (Å²) < 4.78 is 15.7. The van der Waals surface area contributed by atoms with E-state index in [0.29, 0.717) is 94.2 Å². The summed E-state index contributed by atoms with van der Waals surface area (Å²) in [5.74, 6) is 6.08. The van der Waals surface area contributed by atoms with Gasteiger partial charge in [0.15, 0.2) is 45.6 Å². The second-order valence-corrected chi connectivity index (χ2v) is 19.7. The molecule has 6 N–H and O–H groups in total. The SMILES string of the molecule is C[C@@H]1CN(c2nc3c(N4CCOCC4)nc(-c4cnc(N)nc4)nc3n2CC2CC2)CCN1.C[C@H](O)C(=O)N1CCN(c2nc3c(N4CCOCC4)nc(-c4cnc(N)nc4)nc3n2CC2CC2)C[C@H]1C. The number of aliphatic hydroxyl groups is 1. The lowest BCUT2D eigenvalue weighted by atomic mass is 10.1. The Balaban J connectivity index is 0.000000155. The zero-order chi connectivity index (χ0) is 48.8. The van der Waals surface area contributed by atoms with Crippen LogP contribution in [0.25, 0.3) is 45.1 Å². The maximum absolute atomic E-state index is 12.5. The predicted octanol–water partition coefficient (Wildman–Crippen LogP) is 1.44. The average molecular weight is 973 g/mol. The fourth-order valence-corrected chi connectivity index (χ4v) is 9.86. The summed E-state index contributed by atoms with van der Waals surface area (Å²) in [7, 11) is 0. The summed E-state index contributed by atoms with van der Waals surface area (Å²) in [6.45, 7) is 17.7. The van der Waals surface area contributed by atoms with Crippen LogP contribution >= 0.6 is 0 Å². The van der Waals surface area contributed by atoms with E-state index < -0.39 is 6.10 Å². The highest BCUT2D eigenvalue weighted by Gasteiger charge is 2.35. The number of nitrogens with one attached hydrogen (secondary N) is 1. The number of imidazole rings is 2. The number of nitrogens with two attached hydrogens (primary N) is 2. The Labute approximate surface area is 411 Å². The van der Waals surface area contributed by atoms with Crippen molar-refractivity contribution in [3.05, 3.63) is 24.8 Å². The van der Waals surface area contributed by atoms with E-state index in [1.165, 1.54) is 32.6 Å². The van der Waals surface area contributed by atoms with Gasteiger partial charge in [0.05, 0.1) is 37.6 Å². The van der Waals surface area contributed by atoms with Crippen molar-refractivity contribution >= 4 is 63.7 Å². The van der Waals surface area contributed by atoms with Gasteiger partial charge in [0.25, 0.3) is 5.91 Å². The third-order valence-electron chi connectivity index (χ3n) is 14.1. The first-order chi connectivity index (χ1) is 34.5. The first kappa shape index (κ1) is 46.7. The second-order valence-electron chi connectivity index (χ2n) is 19.7. The number of amides is 1. The van der Waals surface area contributed by atoms with Crippen molar-refractivity contribution in [2.45, 2.75) is 77.7 Å². The molecule has 12 rings (SSSR count). The molecular weight excluding hydrogens is 909 g/mol. The lowest BCUT2D eigenvalue weighted by Crippen LogP contribution is -2.56. The number of fused-ring (bicyclic) bond motifs is 2. The van der Waals surface area contributed by atoms with Crippen molar-refractivity contribution in [3.63, 3.8) is 0 Å². The van der Waals surface area contributed by atoms with Crippen LogP contribution < -0.4 is 36.4 Å². The topological polar surface area (TPSA) is 275 Å². The molecule has 6 fully saturated rings. The molecule has 0 spiro atoms. The van der Waals surface area contributed by atoms with Crippen LogP contribution in [0.5, 0.6) is 0 Å². The summed E-state index contributed by atoms with van der Waals surface area (Å²) in [4.78, 5) is 70.2. The van der Waals surface area contributed by atoms with E-state index in [9.17, 15) is 9.90 Å². The molecule has 24 heteroatoms. The number of anilines is 6. The predicted molar refractivity (Wildman–Crippen MR) is 268 cm³/mol. The van der Waals surface area contributed by atoms with Crippen LogP contribution in [0.1, 0.15) is 46.5 Å². The van der Waals surface area contributed by atoms with Crippen LogP contribution in [-0.2, 0) is 27.4 Å². The molecule has 4 aliphatic heterocycles. The van der Waals surface area contributed by atoms with E-state index >= 15 is 0 Å². The minimum absolute atomic E-state index is 0.0627. The van der Waals surface area contributed by atoms with E-state index in [1.54, 1.807) is 29.7 Å². The zero-order valence-electron chi connectivity index (χ0n) is 40.8. The third-order valence-corrected chi connectivity index (χ3v) is 14.1.